The van der Waals surface area contributed by atoms with E-state index in [2.05, 4.69) is 48.5 Å². The van der Waals surface area contributed by atoms with Crippen molar-refractivity contribution >= 4 is 0 Å². The predicted octanol–water partition coefficient (Wildman–Crippen LogP) is 6.50. The van der Waals surface area contributed by atoms with Gasteiger partial charge in [-0.25, -0.2) is 0 Å². The van der Waals surface area contributed by atoms with E-state index in [4.69, 9.17) is 0 Å². The van der Waals surface area contributed by atoms with Gasteiger partial charge in [0.2, 0.25) is 0 Å². The van der Waals surface area contributed by atoms with Crippen LogP contribution in [0, 0.1) is 29.1 Å². The minimum Gasteiger partial charge on any atom is -0.251 e. The van der Waals surface area contributed by atoms with Gasteiger partial charge < -0.3 is 0 Å². The molecule has 0 N–H and O–H groups in total. The number of rotatable bonds is 9. The maximum atomic E-state index is 12.6. The fourth-order valence-electron chi connectivity index (χ4n) is 2.82. The lowest BCUT2D eigenvalue weighted by Crippen LogP contribution is -2.20. The zero-order valence-corrected chi connectivity index (χ0v) is 14.4. The molecule has 19 heavy (non-hydrogen) atoms. The van der Waals surface area contributed by atoms with Crippen LogP contribution >= 0.6 is 0 Å². The molecule has 0 amide bonds. The lowest BCUT2D eigenvalue weighted by Gasteiger charge is -2.30. The van der Waals surface area contributed by atoms with Crippen molar-refractivity contribution in [3.05, 3.63) is 0 Å². The maximum absolute atomic E-state index is 12.6. The van der Waals surface area contributed by atoms with Crippen molar-refractivity contribution < 1.29 is 4.39 Å². The van der Waals surface area contributed by atoms with Gasteiger partial charge in [-0.3, -0.25) is 4.39 Å². The summed E-state index contributed by atoms with van der Waals surface area (Å²) in [6.45, 7) is 16.0. The fourth-order valence-corrected chi connectivity index (χ4v) is 2.82. The van der Waals surface area contributed by atoms with E-state index in [-0.39, 0.29) is 6.67 Å². The molecule has 1 heteroatoms. The van der Waals surface area contributed by atoms with Crippen LogP contribution in [-0.2, 0) is 0 Å². The first-order chi connectivity index (χ1) is 8.67. The van der Waals surface area contributed by atoms with E-state index in [1.165, 1.54) is 25.7 Å². The van der Waals surface area contributed by atoms with Crippen LogP contribution in [0.15, 0.2) is 0 Å². The van der Waals surface area contributed by atoms with Crippen LogP contribution in [0.2, 0.25) is 0 Å². The van der Waals surface area contributed by atoms with E-state index in [9.17, 15) is 4.39 Å². The van der Waals surface area contributed by atoms with Crippen LogP contribution in [-0.4, -0.2) is 6.67 Å². The van der Waals surface area contributed by atoms with Crippen LogP contribution in [0.1, 0.15) is 80.6 Å². The Morgan fingerprint density at radius 3 is 1.84 bits per heavy atom. The van der Waals surface area contributed by atoms with E-state index in [0.29, 0.717) is 17.3 Å². The summed E-state index contributed by atoms with van der Waals surface area (Å²) < 4.78 is 12.6. The minimum atomic E-state index is -0.162. The third kappa shape index (κ3) is 9.46. The second-order valence-corrected chi connectivity index (χ2v) is 8.13. The highest BCUT2D eigenvalue weighted by molar-refractivity contribution is 4.74. The third-order valence-electron chi connectivity index (χ3n) is 4.62. The van der Waals surface area contributed by atoms with Crippen molar-refractivity contribution in [1.29, 1.82) is 0 Å². The van der Waals surface area contributed by atoms with Crippen LogP contribution in [0.3, 0.4) is 0 Å². The van der Waals surface area contributed by atoms with Gasteiger partial charge in [0.25, 0.3) is 0 Å². The molecule has 3 unspecified atom stereocenters. The van der Waals surface area contributed by atoms with E-state index < -0.39 is 0 Å². The fraction of sp³-hybridized carbons (Fsp3) is 1.00. The first kappa shape index (κ1) is 18.9. The molecule has 0 rings (SSSR count). The van der Waals surface area contributed by atoms with Crippen LogP contribution in [0.5, 0.6) is 0 Å². The Bertz CT molecular complexity index is 214. The quantitative estimate of drug-likeness (QED) is 0.449. The highest BCUT2D eigenvalue weighted by atomic mass is 19.1. The standard InChI is InChI=1S/C18H37F/c1-14(2)15(3)9-8-10-17(13-18(5,6)7)16(4)11-12-19/h14-17H,8-13H2,1-7H3. The molecular weight excluding hydrogens is 235 g/mol. The molecule has 3 atom stereocenters. The topological polar surface area (TPSA) is 0 Å². The van der Waals surface area contributed by atoms with Crippen molar-refractivity contribution in [2.75, 3.05) is 6.67 Å². The molecule has 0 aromatic rings. The summed E-state index contributed by atoms with van der Waals surface area (Å²) in [4.78, 5) is 0. The van der Waals surface area contributed by atoms with Gasteiger partial charge in [0.05, 0.1) is 6.67 Å². The summed E-state index contributed by atoms with van der Waals surface area (Å²) in [5, 5.41) is 0. The normalized spacial score (nSPS) is 17.5. The van der Waals surface area contributed by atoms with Crippen molar-refractivity contribution in [2.24, 2.45) is 29.1 Å². The summed E-state index contributed by atoms with van der Waals surface area (Å²) in [5.41, 5.74) is 0.360. The smallest absolute Gasteiger partial charge is 0.0897 e. The summed E-state index contributed by atoms with van der Waals surface area (Å²) in [5.74, 6) is 2.81. The summed E-state index contributed by atoms with van der Waals surface area (Å²) in [6, 6.07) is 0. The first-order valence-electron chi connectivity index (χ1n) is 8.23. The molecule has 0 aliphatic carbocycles. The molecule has 0 nitrogen and oxygen atoms in total. The molecule has 0 saturated carbocycles. The Labute approximate surface area is 121 Å². The zero-order chi connectivity index (χ0) is 15.1. The molecule has 0 radical (unpaired) electrons. The Morgan fingerprint density at radius 1 is 0.842 bits per heavy atom. The highest BCUT2D eigenvalue weighted by Crippen LogP contribution is 2.34. The molecule has 0 aliphatic heterocycles. The van der Waals surface area contributed by atoms with E-state index in [0.717, 1.165) is 18.3 Å². The molecule has 0 aliphatic rings. The number of halogens is 1. The van der Waals surface area contributed by atoms with Gasteiger partial charge in [0, 0.05) is 0 Å². The lowest BCUT2D eigenvalue weighted by atomic mass is 9.75. The Hall–Kier alpha value is -0.0700. The van der Waals surface area contributed by atoms with Crippen molar-refractivity contribution in [3.8, 4) is 0 Å². The molecule has 116 valence electrons. The predicted molar refractivity (Wildman–Crippen MR) is 85.2 cm³/mol. The molecule has 0 aromatic heterocycles. The summed E-state index contributed by atoms with van der Waals surface area (Å²) in [6.07, 6.45) is 5.86. The van der Waals surface area contributed by atoms with Gasteiger partial charge in [0.15, 0.2) is 0 Å². The Kier molecular flexibility index (Phi) is 8.94. The average molecular weight is 272 g/mol. The van der Waals surface area contributed by atoms with Gasteiger partial charge in [-0.15, -0.1) is 0 Å². The highest BCUT2D eigenvalue weighted by Gasteiger charge is 2.23. The van der Waals surface area contributed by atoms with Gasteiger partial charge >= 0.3 is 0 Å². The SMILES string of the molecule is CC(C)C(C)CCCC(CC(C)(C)C)C(C)CCF. The Balaban J connectivity index is 4.26. The molecule has 0 fully saturated rings. The summed E-state index contributed by atoms with van der Waals surface area (Å²) >= 11 is 0. The third-order valence-corrected chi connectivity index (χ3v) is 4.62. The maximum Gasteiger partial charge on any atom is 0.0897 e. The lowest BCUT2D eigenvalue weighted by molar-refractivity contribution is 0.195. The van der Waals surface area contributed by atoms with Crippen LogP contribution in [0.4, 0.5) is 4.39 Å². The molecule has 0 saturated heterocycles. The second kappa shape index (κ2) is 8.97. The van der Waals surface area contributed by atoms with Gasteiger partial charge in [-0.2, -0.15) is 0 Å². The zero-order valence-electron chi connectivity index (χ0n) is 14.4. The van der Waals surface area contributed by atoms with Crippen molar-refractivity contribution in [1.82, 2.24) is 0 Å². The number of hydrogen-bond acceptors (Lipinski definition) is 0. The van der Waals surface area contributed by atoms with Crippen molar-refractivity contribution in [3.63, 3.8) is 0 Å². The van der Waals surface area contributed by atoms with Gasteiger partial charge in [-0.05, 0) is 41.9 Å². The molecule has 0 spiro atoms. The first-order valence-corrected chi connectivity index (χ1v) is 8.23. The Morgan fingerprint density at radius 2 is 1.42 bits per heavy atom. The number of hydrogen-bond donors (Lipinski definition) is 0. The van der Waals surface area contributed by atoms with Gasteiger partial charge in [-0.1, -0.05) is 67.7 Å². The molecule has 0 bridgehead atoms. The molecule has 0 aromatic carbocycles. The summed E-state index contributed by atoms with van der Waals surface area (Å²) in [7, 11) is 0. The molecule has 0 heterocycles. The molecular formula is C18H37F. The van der Waals surface area contributed by atoms with Gasteiger partial charge in [0.1, 0.15) is 0 Å². The average Bonchev–Trinajstić information content (AvgIpc) is 2.26. The minimum absolute atomic E-state index is 0.162. The largest absolute Gasteiger partial charge is 0.251 e. The van der Waals surface area contributed by atoms with Crippen molar-refractivity contribution in [2.45, 2.75) is 80.6 Å². The van der Waals surface area contributed by atoms with Crippen LogP contribution < -0.4 is 0 Å². The van der Waals surface area contributed by atoms with E-state index in [1.54, 1.807) is 0 Å². The monoisotopic (exact) mass is 272 g/mol. The number of alkyl halides is 1. The van der Waals surface area contributed by atoms with E-state index >= 15 is 0 Å². The second-order valence-electron chi connectivity index (χ2n) is 8.13. The van der Waals surface area contributed by atoms with Crippen LogP contribution in [0.25, 0.3) is 0 Å². The van der Waals surface area contributed by atoms with E-state index in [1.807, 2.05) is 0 Å².